The van der Waals surface area contributed by atoms with Crippen LogP contribution in [0.2, 0.25) is 0 Å². The predicted octanol–water partition coefficient (Wildman–Crippen LogP) is 5.45. The summed E-state index contributed by atoms with van der Waals surface area (Å²) in [5.41, 5.74) is 6.50. The van der Waals surface area contributed by atoms with Crippen molar-refractivity contribution in [3.05, 3.63) is 76.6 Å². The summed E-state index contributed by atoms with van der Waals surface area (Å²) < 4.78 is 19.8. The normalized spacial score (nSPS) is 18.8. The summed E-state index contributed by atoms with van der Waals surface area (Å²) >= 11 is 0. The highest BCUT2D eigenvalue weighted by atomic mass is 19.1. The van der Waals surface area contributed by atoms with Crippen LogP contribution < -0.4 is 5.32 Å². The molecule has 2 aromatic rings. The lowest BCUT2D eigenvalue weighted by molar-refractivity contribution is -0.0325. The maximum absolute atomic E-state index is 13.4. The molecule has 1 heterocycles. The summed E-state index contributed by atoms with van der Waals surface area (Å²) in [5, 5.41) is 3.60. The summed E-state index contributed by atoms with van der Waals surface area (Å²) in [5.74, 6) is -0.176. The third-order valence-corrected chi connectivity index (χ3v) is 6.20. The Kier molecular flexibility index (Phi) is 5.93. The molecule has 3 heteroatoms. The molecule has 1 spiro atoms. The number of ether oxygens (including phenoxy) is 1. The van der Waals surface area contributed by atoms with Gasteiger partial charge >= 0.3 is 0 Å². The minimum absolute atomic E-state index is 0.00872. The van der Waals surface area contributed by atoms with Crippen molar-refractivity contribution in [1.29, 1.82) is 0 Å². The molecule has 0 radical (unpaired) electrons. The van der Waals surface area contributed by atoms with Gasteiger partial charge in [0, 0.05) is 13.0 Å². The highest BCUT2D eigenvalue weighted by molar-refractivity contribution is 5.71. The van der Waals surface area contributed by atoms with E-state index < -0.39 is 0 Å². The highest BCUT2D eigenvalue weighted by Gasteiger charge is 2.39. The van der Waals surface area contributed by atoms with E-state index in [9.17, 15) is 4.39 Å². The number of halogens is 1. The molecule has 1 N–H and O–H groups in total. The molecule has 28 heavy (non-hydrogen) atoms. The first-order valence-electron chi connectivity index (χ1n) is 10.5. The fourth-order valence-corrected chi connectivity index (χ4v) is 4.62. The van der Waals surface area contributed by atoms with Gasteiger partial charge in [-0.05, 0) is 67.1 Å². The van der Waals surface area contributed by atoms with Gasteiger partial charge in [0.2, 0.25) is 0 Å². The maximum Gasteiger partial charge on any atom is 0.123 e. The van der Waals surface area contributed by atoms with E-state index in [1.165, 1.54) is 35.1 Å². The minimum atomic E-state index is -0.176. The maximum atomic E-state index is 13.4. The lowest BCUT2D eigenvalue weighted by Crippen LogP contribution is -2.36. The smallest absolute Gasteiger partial charge is 0.123 e. The van der Waals surface area contributed by atoms with E-state index in [1.54, 1.807) is 12.1 Å². The Morgan fingerprint density at radius 1 is 1.07 bits per heavy atom. The first kappa shape index (κ1) is 19.4. The largest absolute Gasteiger partial charge is 0.370 e. The zero-order valence-electron chi connectivity index (χ0n) is 16.8. The number of hydrogen-bond donors (Lipinski definition) is 1. The molecule has 1 aliphatic heterocycles. The highest BCUT2D eigenvalue weighted by Crippen LogP contribution is 2.44. The number of aryl methyl sites for hydroxylation is 1. The van der Waals surface area contributed by atoms with Gasteiger partial charge in [-0.2, -0.15) is 0 Å². The second-order valence-electron chi connectivity index (χ2n) is 8.36. The van der Waals surface area contributed by atoms with Crippen LogP contribution in [0.15, 0.2) is 54.1 Å². The van der Waals surface area contributed by atoms with Gasteiger partial charge < -0.3 is 10.1 Å². The molecule has 0 saturated heterocycles. The molecule has 2 nitrogen and oxygen atoms in total. The van der Waals surface area contributed by atoms with E-state index >= 15 is 0 Å². The summed E-state index contributed by atoms with van der Waals surface area (Å²) in [6, 6.07) is 15.7. The molecule has 2 aromatic carbocycles. The van der Waals surface area contributed by atoms with Crippen molar-refractivity contribution < 1.29 is 9.13 Å². The number of rotatable bonds is 6. The number of benzene rings is 2. The lowest BCUT2D eigenvalue weighted by Gasteiger charge is -2.37. The third-order valence-electron chi connectivity index (χ3n) is 6.20. The second kappa shape index (κ2) is 8.59. The van der Waals surface area contributed by atoms with Crippen LogP contribution in [0.1, 0.15) is 48.8 Å². The van der Waals surface area contributed by atoms with Gasteiger partial charge in [0.15, 0.2) is 0 Å². The fourth-order valence-electron chi connectivity index (χ4n) is 4.62. The Morgan fingerprint density at radius 2 is 1.86 bits per heavy atom. The summed E-state index contributed by atoms with van der Waals surface area (Å²) in [6.07, 6.45) is 6.76. The summed E-state index contributed by atoms with van der Waals surface area (Å²) in [7, 11) is 0. The van der Waals surface area contributed by atoms with Crippen LogP contribution in [-0.2, 0) is 11.2 Å². The predicted molar refractivity (Wildman–Crippen MR) is 113 cm³/mol. The Labute approximate surface area is 167 Å². The van der Waals surface area contributed by atoms with Crippen LogP contribution in [0.3, 0.4) is 0 Å². The summed E-state index contributed by atoms with van der Waals surface area (Å²) in [6.45, 7) is 4.59. The Bertz CT molecular complexity index is 834. The first-order valence-corrected chi connectivity index (χ1v) is 10.5. The van der Waals surface area contributed by atoms with E-state index in [0.29, 0.717) is 6.61 Å². The van der Waals surface area contributed by atoms with E-state index in [0.717, 1.165) is 44.3 Å². The minimum Gasteiger partial charge on any atom is -0.370 e. The van der Waals surface area contributed by atoms with Gasteiger partial charge in [0.1, 0.15) is 5.82 Å². The Morgan fingerprint density at radius 3 is 2.61 bits per heavy atom. The quantitative estimate of drug-likeness (QED) is 0.674. The van der Waals surface area contributed by atoms with Crippen LogP contribution >= 0.6 is 0 Å². The van der Waals surface area contributed by atoms with Crippen LogP contribution in [0.5, 0.6) is 0 Å². The van der Waals surface area contributed by atoms with Gasteiger partial charge in [-0.1, -0.05) is 54.8 Å². The third kappa shape index (κ3) is 4.53. The monoisotopic (exact) mass is 379 g/mol. The molecule has 0 unspecified atom stereocenters. The SMILES string of the molecule is Cc1cccc(CCNCC2=C(c3ccc(F)cc3)CC3(CCCC3)OC2)c1. The van der Waals surface area contributed by atoms with E-state index in [-0.39, 0.29) is 11.4 Å². The molecule has 1 fully saturated rings. The summed E-state index contributed by atoms with van der Waals surface area (Å²) in [4.78, 5) is 0. The Hall–Kier alpha value is -1.97. The topological polar surface area (TPSA) is 21.3 Å². The molecule has 1 aliphatic carbocycles. The second-order valence-corrected chi connectivity index (χ2v) is 8.36. The van der Waals surface area contributed by atoms with Crippen molar-refractivity contribution in [2.24, 2.45) is 0 Å². The zero-order chi connectivity index (χ0) is 19.4. The average Bonchev–Trinajstić information content (AvgIpc) is 3.15. The lowest BCUT2D eigenvalue weighted by atomic mass is 9.84. The number of hydrogen-bond acceptors (Lipinski definition) is 2. The average molecular weight is 380 g/mol. The van der Waals surface area contributed by atoms with E-state index in [1.807, 2.05) is 12.1 Å². The standard InChI is InChI=1S/C25H30FNO/c1-19-5-4-6-20(15-19)11-14-27-17-22-18-28-25(12-2-3-13-25)16-24(22)21-7-9-23(26)10-8-21/h4-10,15,27H,2-3,11-14,16-18H2,1H3. The van der Waals surface area contributed by atoms with Crippen molar-refractivity contribution >= 4 is 5.57 Å². The fraction of sp³-hybridized carbons (Fsp3) is 0.440. The molecule has 0 bridgehead atoms. The van der Waals surface area contributed by atoms with Gasteiger partial charge in [-0.25, -0.2) is 4.39 Å². The molecule has 0 aromatic heterocycles. The molecular formula is C25H30FNO. The van der Waals surface area contributed by atoms with E-state index in [2.05, 4.69) is 36.5 Å². The van der Waals surface area contributed by atoms with Gasteiger partial charge in [-0.3, -0.25) is 0 Å². The van der Waals surface area contributed by atoms with Gasteiger partial charge in [-0.15, -0.1) is 0 Å². The van der Waals surface area contributed by atoms with Crippen LogP contribution in [0, 0.1) is 12.7 Å². The molecular weight excluding hydrogens is 349 g/mol. The molecule has 1 saturated carbocycles. The first-order chi connectivity index (χ1) is 13.6. The van der Waals surface area contributed by atoms with Gasteiger partial charge in [0.25, 0.3) is 0 Å². The number of nitrogens with one attached hydrogen (secondary N) is 1. The Balaban J connectivity index is 1.45. The van der Waals surface area contributed by atoms with Crippen molar-refractivity contribution in [1.82, 2.24) is 5.32 Å². The van der Waals surface area contributed by atoms with Crippen molar-refractivity contribution in [2.75, 3.05) is 19.7 Å². The van der Waals surface area contributed by atoms with Crippen molar-refractivity contribution in [3.63, 3.8) is 0 Å². The van der Waals surface area contributed by atoms with Crippen molar-refractivity contribution in [3.8, 4) is 0 Å². The molecule has 0 atom stereocenters. The van der Waals surface area contributed by atoms with E-state index in [4.69, 9.17) is 4.74 Å². The molecule has 148 valence electrons. The van der Waals surface area contributed by atoms with Crippen LogP contribution in [0.25, 0.3) is 5.57 Å². The van der Waals surface area contributed by atoms with Gasteiger partial charge in [0.05, 0.1) is 12.2 Å². The molecule has 2 aliphatic rings. The zero-order valence-corrected chi connectivity index (χ0v) is 16.8. The van der Waals surface area contributed by atoms with Crippen LogP contribution in [0.4, 0.5) is 4.39 Å². The van der Waals surface area contributed by atoms with Crippen molar-refractivity contribution in [2.45, 2.75) is 51.0 Å². The molecule has 4 rings (SSSR count). The van der Waals surface area contributed by atoms with Crippen LogP contribution in [-0.4, -0.2) is 25.3 Å². The molecule has 0 amide bonds.